The molecule has 0 unspecified atom stereocenters. The summed E-state index contributed by atoms with van der Waals surface area (Å²) >= 11 is 0. The number of ether oxygens (including phenoxy) is 4. The molecule has 0 spiro atoms. The third-order valence-electron chi connectivity index (χ3n) is 1.79. The van der Waals surface area contributed by atoms with Crippen molar-refractivity contribution in [2.75, 3.05) is 46.2 Å². The highest BCUT2D eigenvalue weighted by Crippen LogP contribution is 1.91. The first kappa shape index (κ1) is 16.8. The van der Waals surface area contributed by atoms with E-state index in [1.807, 2.05) is 0 Å². The van der Waals surface area contributed by atoms with Crippen molar-refractivity contribution in [3.63, 3.8) is 0 Å². The van der Waals surface area contributed by atoms with E-state index in [1.54, 1.807) is 13.0 Å². The number of carbonyl (C=O) groups excluding carboxylic acids is 1. The Kier molecular flexibility index (Phi) is 11.5. The Bertz CT molecular complexity index is 250. The summed E-state index contributed by atoms with van der Waals surface area (Å²) in [4.78, 5) is 11.0. The largest absolute Gasteiger partial charge is 0.460 e. The molecule has 0 bridgehead atoms. The van der Waals surface area contributed by atoms with E-state index in [0.717, 1.165) is 0 Å². The second kappa shape index (κ2) is 12.3. The summed E-state index contributed by atoms with van der Waals surface area (Å²) in [7, 11) is 0. The molecular weight excluding hydrogens is 236 g/mol. The Morgan fingerprint density at radius 3 is 2.00 bits per heavy atom. The lowest BCUT2D eigenvalue weighted by Gasteiger charge is -2.06. The van der Waals surface area contributed by atoms with E-state index in [-0.39, 0.29) is 6.61 Å². The lowest BCUT2D eigenvalue weighted by Crippen LogP contribution is -2.14. The molecule has 0 aliphatic carbocycles. The molecule has 0 rings (SSSR count). The lowest BCUT2D eigenvalue weighted by molar-refractivity contribution is -0.140. The third kappa shape index (κ3) is 11.3. The standard InChI is InChI=1S/C13H22O5/c1-4-5-15-6-7-16-8-9-17-10-11-18-13(14)12(2)3/h4H,1-2,5-11H2,3H3. The maximum absolute atomic E-state index is 11.0. The van der Waals surface area contributed by atoms with Crippen molar-refractivity contribution in [3.8, 4) is 0 Å². The van der Waals surface area contributed by atoms with E-state index in [0.29, 0.717) is 45.2 Å². The summed E-state index contributed by atoms with van der Waals surface area (Å²) in [5.74, 6) is -0.394. The molecule has 0 aromatic heterocycles. The Hall–Kier alpha value is -1.17. The van der Waals surface area contributed by atoms with Gasteiger partial charge in [-0.3, -0.25) is 0 Å². The van der Waals surface area contributed by atoms with Crippen LogP contribution in [0, 0.1) is 0 Å². The molecule has 5 nitrogen and oxygen atoms in total. The van der Waals surface area contributed by atoms with Gasteiger partial charge in [0.15, 0.2) is 0 Å². The minimum absolute atomic E-state index is 0.230. The molecule has 0 saturated carbocycles. The van der Waals surface area contributed by atoms with E-state index in [2.05, 4.69) is 13.2 Å². The molecule has 0 N–H and O–H groups in total. The Morgan fingerprint density at radius 2 is 1.50 bits per heavy atom. The zero-order chi connectivity index (χ0) is 13.6. The van der Waals surface area contributed by atoms with Crippen LogP contribution >= 0.6 is 0 Å². The average Bonchev–Trinajstić information content (AvgIpc) is 2.35. The van der Waals surface area contributed by atoms with Gasteiger partial charge in [0.1, 0.15) is 6.61 Å². The lowest BCUT2D eigenvalue weighted by atomic mass is 10.4. The van der Waals surface area contributed by atoms with Gasteiger partial charge in [-0.2, -0.15) is 0 Å². The molecule has 0 aliphatic rings. The quantitative estimate of drug-likeness (QED) is 0.229. The summed E-state index contributed by atoms with van der Waals surface area (Å²) < 4.78 is 20.4. The van der Waals surface area contributed by atoms with Crippen molar-refractivity contribution in [1.82, 2.24) is 0 Å². The molecular formula is C13H22O5. The highest BCUT2D eigenvalue weighted by atomic mass is 16.6. The first-order valence-corrected chi connectivity index (χ1v) is 5.85. The number of carbonyl (C=O) groups is 1. The van der Waals surface area contributed by atoms with Crippen molar-refractivity contribution < 1.29 is 23.7 Å². The van der Waals surface area contributed by atoms with Crippen LogP contribution < -0.4 is 0 Å². The highest BCUT2D eigenvalue weighted by Gasteiger charge is 2.01. The van der Waals surface area contributed by atoms with Crippen LogP contribution in [0.1, 0.15) is 6.92 Å². The number of rotatable bonds is 12. The van der Waals surface area contributed by atoms with Gasteiger partial charge >= 0.3 is 5.97 Å². The maximum Gasteiger partial charge on any atom is 0.333 e. The summed E-state index contributed by atoms with van der Waals surface area (Å²) in [6.07, 6.45) is 1.69. The Balaban J connectivity index is 3.10. The first-order chi connectivity index (χ1) is 8.68. The minimum Gasteiger partial charge on any atom is -0.460 e. The van der Waals surface area contributed by atoms with Gasteiger partial charge in [-0.25, -0.2) is 4.79 Å². The molecule has 0 saturated heterocycles. The fraction of sp³-hybridized carbons (Fsp3) is 0.615. The van der Waals surface area contributed by atoms with Gasteiger partial charge < -0.3 is 18.9 Å². The SMILES string of the molecule is C=CCOCCOCCOCCOC(=O)C(=C)C. The molecule has 0 fully saturated rings. The first-order valence-electron chi connectivity index (χ1n) is 5.85. The van der Waals surface area contributed by atoms with Crippen molar-refractivity contribution in [2.45, 2.75) is 6.92 Å². The fourth-order valence-corrected chi connectivity index (χ4v) is 0.923. The monoisotopic (exact) mass is 258 g/mol. The molecule has 0 aliphatic heterocycles. The van der Waals surface area contributed by atoms with Crippen molar-refractivity contribution in [2.24, 2.45) is 0 Å². The van der Waals surface area contributed by atoms with Crippen LogP contribution in [0.15, 0.2) is 24.8 Å². The molecule has 0 aromatic rings. The summed E-state index contributed by atoms with van der Waals surface area (Å²) in [5, 5.41) is 0. The van der Waals surface area contributed by atoms with Crippen molar-refractivity contribution in [1.29, 1.82) is 0 Å². The van der Waals surface area contributed by atoms with E-state index in [9.17, 15) is 4.79 Å². The van der Waals surface area contributed by atoms with E-state index < -0.39 is 5.97 Å². The Morgan fingerprint density at radius 1 is 1.00 bits per heavy atom. The van der Waals surface area contributed by atoms with Crippen LogP contribution in [-0.2, 0) is 23.7 Å². The van der Waals surface area contributed by atoms with Crippen LogP contribution in [0.5, 0.6) is 0 Å². The van der Waals surface area contributed by atoms with E-state index >= 15 is 0 Å². The van der Waals surface area contributed by atoms with Gasteiger partial charge in [-0.15, -0.1) is 6.58 Å². The topological polar surface area (TPSA) is 54.0 Å². The molecule has 18 heavy (non-hydrogen) atoms. The van der Waals surface area contributed by atoms with Gasteiger partial charge in [0, 0.05) is 5.57 Å². The van der Waals surface area contributed by atoms with Crippen LogP contribution in [0.25, 0.3) is 0 Å². The number of esters is 1. The number of hydrogen-bond acceptors (Lipinski definition) is 5. The molecule has 104 valence electrons. The van der Waals surface area contributed by atoms with Crippen molar-refractivity contribution in [3.05, 3.63) is 24.8 Å². The summed E-state index contributed by atoms with van der Waals surface area (Å²) in [6, 6.07) is 0. The zero-order valence-corrected chi connectivity index (χ0v) is 11.0. The van der Waals surface area contributed by atoms with Crippen LogP contribution in [0.4, 0.5) is 0 Å². The predicted molar refractivity (Wildman–Crippen MR) is 68.4 cm³/mol. The second-order valence-corrected chi connectivity index (χ2v) is 3.50. The predicted octanol–water partition coefficient (Wildman–Crippen LogP) is 1.34. The van der Waals surface area contributed by atoms with Gasteiger partial charge in [0.05, 0.1) is 39.6 Å². The maximum atomic E-state index is 11.0. The molecule has 0 radical (unpaired) electrons. The summed E-state index contributed by atoms with van der Waals surface area (Å²) in [5.41, 5.74) is 0.387. The fourth-order valence-electron chi connectivity index (χ4n) is 0.923. The van der Waals surface area contributed by atoms with Gasteiger partial charge in [-0.05, 0) is 6.92 Å². The normalized spacial score (nSPS) is 10.1. The van der Waals surface area contributed by atoms with Crippen LogP contribution in [0.3, 0.4) is 0 Å². The van der Waals surface area contributed by atoms with E-state index in [1.165, 1.54) is 0 Å². The zero-order valence-electron chi connectivity index (χ0n) is 11.0. The molecule has 0 heterocycles. The van der Waals surface area contributed by atoms with E-state index in [4.69, 9.17) is 18.9 Å². The van der Waals surface area contributed by atoms with Gasteiger partial charge in [-0.1, -0.05) is 12.7 Å². The van der Waals surface area contributed by atoms with Crippen LogP contribution in [0.2, 0.25) is 0 Å². The third-order valence-corrected chi connectivity index (χ3v) is 1.79. The second-order valence-electron chi connectivity index (χ2n) is 3.50. The molecule has 0 aromatic carbocycles. The molecule has 5 heteroatoms. The van der Waals surface area contributed by atoms with Crippen molar-refractivity contribution >= 4 is 5.97 Å². The smallest absolute Gasteiger partial charge is 0.333 e. The minimum atomic E-state index is -0.394. The molecule has 0 amide bonds. The van der Waals surface area contributed by atoms with Gasteiger partial charge in [0.25, 0.3) is 0 Å². The molecule has 0 atom stereocenters. The summed E-state index contributed by atoms with van der Waals surface area (Å²) in [6.45, 7) is 11.8. The van der Waals surface area contributed by atoms with Crippen LogP contribution in [-0.4, -0.2) is 52.2 Å². The highest BCUT2D eigenvalue weighted by molar-refractivity contribution is 5.86. The Labute approximate surface area is 108 Å². The average molecular weight is 258 g/mol. The van der Waals surface area contributed by atoms with Gasteiger partial charge in [0.2, 0.25) is 0 Å². The number of hydrogen-bond donors (Lipinski definition) is 0.